The highest BCUT2D eigenvalue weighted by atomic mass is 127. The van der Waals surface area contributed by atoms with E-state index in [2.05, 4.69) is 27.9 Å². The number of nitrogens with zero attached hydrogens (tertiary/aromatic N) is 1. The number of carbonyl (C=O) groups is 2. The molecule has 0 aromatic heterocycles. The summed E-state index contributed by atoms with van der Waals surface area (Å²) in [6.07, 6.45) is 0.240. The second-order valence-corrected chi connectivity index (χ2v) is 5.20. The Morgan fingerprint density at radius 2 is 2.06 bits per heavy atom. The lowest BCUT2D eigenvalue weighted by atomic mass is 10.2. The number of phenols is 1. The Balaban J connectivity index is 2.56. The van der Waals surface area contributed by atoms with Gasteiger partial charge < -0.3 is 15.3 Å². The fraction of sp³-hybridized carbons (Fsp3) is 0.333. The van der Waals surface area contributed by atoms with Gasteiger partial charge in [-0.3, -0.25) is 9.59 Å². The first-order chi connectivity index (χ1) is 8.41. The minimum Gasteiger partial charge on any atom is -0.507 e. The summed E-state index contributed by atoms with van der Waals surface area (Å²) in [5.41, 5.74) is 0.221. The summed E-state index contributed by atoms with van der Waals surface area (Å²) in [7, 11) is 3.32. The van der Waals surface area contributed by atoms with E-state index in [0.29, 0.717) is 0 Å². The molecule has 5 nitrogen and oxygen atoms in total. The summed E-state index contributed by atoms with van der Waals surface area (Å²) in [4.78, 5) is 24.5. The van der Waals surface area contributed by atoms with Crippen LogP contribution in [0.5, 0.6) is 5.75 Å². The molecule has 0 unspecified atom stereocenters. The lowest BCUT2D eigenvalue weighted by molar-refractivity contribution is -0.128. The summed E-state index contributed by atoms with van der Waals surface area (Å²) < 4.78 is 0.861. The molecule has 0 atom stereocenters. The van der Waals surface area contributed by atoms with Crippen LogP contribution in [-0.2, 0) is 4.79 Å². The van der Waals surface area contributed by atoms with E-state index in [1.807, 2.05) is 0 Å². The van der Waals surface area contributed by atoms with Crippen LogP contribution in [0.4, 0.5) is 0 Å². The fourth-order valence-corrected chi connectivity index (χ4v) is 1.78. The number of benzene rings is 1. The van der Waals surface area contributed by atoms with Gasteiger partial charge in [0.15, 0.2) is 0 Å². The average molecular weight is 362 g/mol. The van der Waals surface area contributed by atoms with Gasteiger partial charge in [0, 0.05) is 30.6 Å². The lowest BCUT2D eigenvalue weighted by Gasteiger charge is -2.11. The normalized spacial score (nSPS) is 9.94. The summed E-state index contributed by atoms with van der Waals surface area (Å²) in [6.45, 7) is 0.251. The maximum atomic E-state index is 11.8. The highest BCUT2D eigenvalue weighted by molar-refractivity contribution is 14.1. The molecule has 6 heteroatoms. The first-order valence-corrected chi connectivity index (χ1v) is 6.46. The largest absolute Gasteiger partial charge is 0.507 e. The van der Waals surface area contributed by atoms with E-state index < -0.39 is 0 Å². The van der Waals surface area contributed by atoms with Crippen molar-refractivity contribution in [1.82, 2.24) is 10.2 Å². The van der Waals surface area contributed by atoms with Crippen LogP contribution < -0.4 is 5.32 Å². The van der Waals surface area contributed by atoms with Crippen molar-refractivity contribution in [3.63, 3.8) is 0 Å². The van der Waals surface area contributed by atoms with Gasteiger partial charge in [0.2, 0.25) is 5.91 Å². The topological polar surface area (TPSA) is 69.6 Å². The van der Waals surface area contributed by atoms with Crippen molar-refractivity contribution in [3.05, 3.63) is 27.3 Å². The van der Waals surface area contributed by atoms with Crippen molar-refractivity contribution in [3.8, 4) is 5.75 Å². The molecule has 2 amide bonds. The Morgan fingerprint density at radius 1 is 1.39 bits per heavy atom. The third-order valence-corrected chi connectivity index (χ3v) is 3.00. The number of hydrogen-bond donors (Lipinski definition) is 2. The standard InChI is InChI=1S/C12H15IN2O3/c1-15(2)11(17)5-6-14-12(18)9-7-8(13)3-4-10(9)16/h3-4,7,16H,5-6H2,1-2H3,(H,14,18). The predicted molar refractivity (Wildman–Crippen MR) is 76.5 cm³/mol. The van der Waals surface area contributed by atoms with Gasteiger partial charge in [0.25, 0.3) is 5.91 Å². The molecule has 0 saturated heterocycles. The number of amides is 2. The number of halogens is 1. The van der Waals surface area contributed by atoms with Gasteiger partial charge in [0.1, 0.15) is 5.75 Å². The molecule has 0 heterocycles. The maximum Gasteiger partial charge on any atom is 0.255 e. The van der Waals surface area contributed by atoms with E-state index in [0.717, 1.165) is 3.57 Å². The molecule has 0 aliphatic heterocycles. The minimum absolute atomic E-state index is 0.0536. The van der Waals surface area contributed by atoms with Crippen LogP contribution in [0.25, 0.3) is 0 Å². The quantitative estimate of drug-likeness (QED) is 0.791. The summed E-state index contributed by atoms with van der Waals surface area (Å²) >= 11 is 2.06. The molecule has 0 aliphatic carbocycles. The molecular weight excluding hydrogens is 347 g/mol. The first-order valence-electron chi connectivity index (χ1n) is 5.38. The molecule has 0 bridgehead atoms. The van der Waals surface area contributed by atoms with E-state index >= 15 is 0 Å². The summed E-state index contributed by atoms with van der Waals surface area (Å²) in [6, 6.07) is 4.78. The van der Waals surface area contributed by atoms with Gasteiger partial charge >= 0.3 is 0 Å². The second kappa shape index (κ2) is 6.58. The van der Waals surface area contributed by atoms with Gasteiger partial charge in [-0.15, -0.1) is 0 Å². The van der Waals surface area contributed by atoms with Crippen molar-refractivity contribution in [2.24, 2.45) is 0 Å². The smallest absolute Gasteiger partial charge is 0.255 e. The molecule has 18 heavy (non-hydrogen) atoms. The van der Waals surface area contributed by atoms with E-state index in [4.69, 9.17) is 0 Å². The molecule has 0 spiro atoms. The van der Waals surface area contributed by atoms with Crippen LogP contribution >= 0.6 is 22.6 Å². The highest BCUT2D eigenvalue weighted by Crippen LogP contribution is 2.19. The Morgan fingerprint density at radius 3 is 2.67 bits per heavy atom. The van der Waals surface area contributed by atoms with E-state index in [-0.39, 0.29) is 36.1 Å². The van der Waals surface area contributed by atoms with Gasteiger partial charge in [-0.25, -0.2) is 0 Å². The van der Waals surface area contributed by atoms with E-state index in [9.17, 15) is 14.7 Å². The Labute approximate surface area is 119 Å². The fourth-order valence-electron chi connectivity index (χ4n) is 1.29. The summed E-state index contributed by atoms with van der Waals surface area (Å²) in [5, 5.41) is 12.2. The van der Waals surface area contributed by atoms with E-state index in [1.54, 1.807) is 26.2 Å². The van der Waals surface area contributed by atoms with Crippen LogP contribution in [0, 0.1) is 3.57 Å². The van der Waals surface area contributed by atoms with Crippen molar-refractivity contribution in [1.29, 1.82) is 0 Å². The Hall–Kier alpha value is -1.31. The Kier molecular flexibility index (Phi) is 5.39. The predicted octanol–water partition coefficient (Wildman–Crippen LogP) is 1.20. The molecule has 1 rings (SSSR count). The molecule has 0 aliphatic rings. The monoisotopic (exact) mass is 362 g/mol. The van der Waals surface area contributed by atoms with Crippen LogP contribution in [0.1, 0.15) is 16.8 Å². The second-order valence-electron chi connectivity index (χ2n) is 3.96. The zero-order valence-corrected chi connectivity index (χ0v) is 12.4. The van der Waals surface area contributed by atoms with Crippen molar-refractivity contribution < 1.29 is 14.7 Å². The van der Waals surface area contributed by atoms with Crippen molar-refractivity contribution in [2.75, 3.05) is 20.6 Å². The molecule has 0 radical (unpaired) electrons. The number of hydrogen-bond acceptors (Lipinski definition) is 3. The van der Waals surface area contributed by atoms with Crippen molar-refractivity contribution in [2.45, 2.75) is 6.42 Å². The van der Waals surface area contributed by atoms with Gasteiger partial charge in [-0.05, 0) is 40.8 Å². The number of rotatable bonds is 4. The van der Waals surface area contributed by atoms with Crippen LogP contribution in [-0.4, -0.2) is 42.5 Å². The van der Waals surface area contributed by atoms with Crippen LogP contribution in [0.3, 0.4) is 0 Å². The maximum absolute atomic E-state index is 11.8. The SMILES string of the molecule is CN(C)C(=O)CCNC(=O)c1cc(I)ccc1O. The zero-order valence-electron chi connectivity index (χ0n) is 10.2. The molecule has 1 aromatic rings. The number of nitrogens with one attached hydrogen (secondary N) is 1. The van der Waals surface area contributed by atoms with Crippen LogP contribution in [0.2, 0.25) is 0 Å². The molecule has 0 saturated carbocycles. The lowest BCUT2D eigenvalue weighted by Crippen LogP contribution is -2.30. The summed E-state index contributed by atoms with van der Waals surface area (Å²) in [5.74, 6) is -0.494. The number of phenolic OH excluding ortho intramolecular Hbond substituents is 1. The number of carbonyl (C=O) groups excluding carboxylic acids is 2. The van der Waals surface area contributed by atoms with E-state index in [1.165, 1.54) is 11.0 Å². The number of aromatic hydroxyl groups is 1. The molecule has 0 fully saturated rings. The van der Waals surface area contributed by atoms with Crippen LogP contribution in [0.15, 0.2) is 18.2 Å². The van der Waals surface area contributed by atoms with Gasteiger partial charge in [-0.1, -0.05) is 0 Å². The van der Waals surface area contributed by atoms with Crippen molar-refractivity contribution >= 4 is 34.4 Å². The minimum atomic E-state index is -0.377. The molecule has 2 N–H and O–H groups in total. The Bertz CT molecular complexity index is 461. The van der Waals surface area contributed by atoms with Gasteiger partial charge in [0.05, 0.1) is 5.56 Å². The molecule has 98 valence electrons. The third-order valence-electron chi connectivity index (χ3n) is 2.33. The average Bonchev–Trinajstić information content (AvgIpc) is 2.31. The third kappa shape index (κ3) is 4.17. The van der Waals surface area contributed by atoms with Gasteiger partial charge in [-0.2, -0.15) is 0 Å². The zero-order chi connectivity index (χ0) is 13.7. The molecular formula is C12H15IN2O3. The molecule has 1 aromatic carbocycles. The highest BCUT2D eigenvalue weighted by Gasteiger charge is 2.12. The first kappa shape index (κ1) is 14.7.